The van der Waals surface area contributed by atoms with E-state index in [1.807, 2.05) is 53.7 Å². The molecular formula is C35H39F3N2O2SSi. The van der Waals surface area contributed by atoms with E-state index < -0.39 is 29.6 Å². The second-order valence-corrected chi connectivity index (χ2v) is 17.2. The van der Waals surface area contributed by atoms with E-state index in [0.29, 0.717) is 26.7 Å². The molecular weight excluding hydrogens is 598 g/mol. The Bertz CT molecular complexity index is 1580. The monoisotopic (exact) mass is 636 g/mol. The van der Waals surface area contributed by atoms with Crippen LogP contribution in [0.25, 0.3) is 0 Å². The Morgan fingerprint density at radius 3 is 1.32 bits per heavy atom. The fourth-order valence-corrected chi connectivity index (χ4v) is 11.8. The van der Waals surface area contributed by atoms with E-state index in [1.54, 1.807) is 91.0 Å². The average molecular weight is 637 g/mol. The standard InChI is InChI=1S/C35H39F3N2O2SSi/c1-24(2)27-22-31(25(3)4)33(32(23-27)26(5)6)43(41,42)40-39-34(35(36,37)38)44(28-16-10-7-11-17-28,29-18-12-8-13-19-29)30-20-14-9-15-21-30/h7-26,40H,1-6H3/b39-34+. The van der Waals surface area contributed by atoms with E-state index in [-0.39, 0.29) is 22.6 Å². The van der Waals surface area contributed by atoms with Crippen molar-refractivity contribution in [2.45, 2.75) is 70.4 Å². The molecule has 0 aliphatic carbocycles. The molecule has 1 N–H and O–H groups in total. The number of benzene rings is 4. The van der Waals surface area contributed by atoms with Crippen molar-refractivity contribution < 1.29 is 21.6 Å². The van der Waals surface area contributed by atoms with Gasteiger partial charge < -0.3 is 0 Å². The third kappa shape index (κ3) is 6.54. The first-order valence-corrected chi connectivity index (χ1v) is 18.2. The Kier molecular flexibility index (Phi) is 9.90. The quantitative estimate of drug-likeness (QED) is 0.0886. The van der Waals surface area contributed by atoms with Crippen LogP contribution in [0.4, 0.5) is 13.2 Å². The molecule has 0 bridgehead atoms. The lowest BCUT2D eigenvalue weighted by atomic mass is 9.89. The highest BCUT2D eigenvalue weighted by atomic mass is 32.2. The molecule has 4 nitrogen and oxygen atoms in total. The maximum atomic E-state index is 15.5. The van der Waals surface area contributed by atoms with Gasteiger partial charge in [0.05, 0.1) is 4.90 Å². The number of hydrogen-bond donors (Lipinski definition) is 1. The zero-order valence-corrected chi connectivity index (χ0v) is 27.7. The van der Waals surface area contributed by atoms with Crippen LogP contribution in [0.3, 0.4) is 0 Å². The summed E-state index contributed by atoms with van der Waals surface area (Å²) in [5.41, 5.74) is 2.07. The van der Waals surface area contributed by atoms with Gasteiger partial charge in [0, 0.05) is 0 Å². The van der Waals surface area contributed by atoms with Gasteiger partial charge in [0.1, 0.15) is 5.33 Å². The van der Waals surface area contributed by atoms with E-state index >= 15 is 13.2 Å². The second-order valence-electron chi connectivity index (χ2n) is 11.9. The molecule has 0 saturated heterocycles. The lowest BCUT2D eigenvalue weighted by Crippen LogP contribution is -2.75. The molecule has 4 aromatic carbocycles. The normalized spacial score (nSPS) is 13.1. The fourth-order valence-electron chi connectivity index (χ4n) is 5.69. The Morgan fingerprint density at radius 2 is 1.02 bits per heavy atom. The average Bonchev–Trinajstić information content (AvgIpc) is 2.99. The summed E-state index contributed by atoms with van der Waals surface area (Å²) in [4.78, 5) is 2.10. The van der Waals surface area contributed by atoms with Crippen molar-refractivity contribution in [2.75, 3.05) is 0 Å². The maximum absolute atomic E-state index is 15.5. The van der Waals surface area contributed by atoms with Gasteiger partial charge in [-0.3, -0.25) is 0 Å². The predicted octanol–water partition coefficient (Wildman–Crippen LogP) is 6.96. The molecule has 0 radical (unpaired) electrons. The Labute approximate surface area is 260 Å². The van der Waals surface area contributed by atoms with Gasteiger partial charge in [0.25, 0.3) is 10.0 Å². The van der Waals surface area contributed by atoms with Crippen LogP contribution in [0, 0.1) is 0 Å². The number of rotatable bonds is 10. The van der Waals surface area contributed by atoms with E-state index in [0.717, 1.165) is 5.56 Å². The van der Waals surface area contributed by atoms with Crippen molar-refractivity contribution in [1.29, 1.82) is 0 Å². The van der Waals surface area contributed by atoms with Crippen LogP contribution in [0.5, 0.6) is 0 Å². The number of hydrogen-bond acceptors (Lipinski definition) is 3. The predicted molar refractivity (Wildman–Crippen MR) is 177 cm³/mol. The molecule has 9 heteroatoms. The number of alkyl halides is 3. The van der Waals surface area contributed by atoms with E-state index in [9.17, 15) is 8.42 Å². The molecule has 4 aromatic rings. The zero-order chi connectivity index (χ0) is 32.3. The molecule has 0 unspecified atom stereocenters. The smallest absolute Gasteiger partial charge is 0.200 e. The first-order chi connectivity index (χ1) is 20.7. The summed E-state index contributed by atoms with van der Waals surface area (Å²) in [5, 5.41) is 4.05. The third-order valence-corrected chi connectivity index (χ3v) is 13.9. The molecule has 0 heterocycles. The summed E-state index contributed by atoms with van der Waals surface area (Å²) in [5.74, 6) is -0.260. The summed E-state index contributed by atoms with van der Waals surface area (Å²) in [6.07, 6.45) is -4.97. The molecule has 0 spiro atoms. The summed E-state index contributed by atoms with van der Waals surface area (Å²) in [6.45, 7) is 11.6. The molecule has 0 amide bonds. The Hall–Kier alpha value is -3.69. The molecule has 0 aliphatic rings. The lowest BCUT2D eigenvalue weighted by molar-refractivity contribution is -0.0565. The van der Waals surface area contributed by atoms with Crippen LogP contribution in [0.15, 0.2) is 113 Å². The lowest BCUT2D eigenvalue weighted by Gasteiger charge is -2.35. The zero-order valence-electron chi connectivity index (χ0n) is 25.9. The third-order valence-electron chi connectivity index (χ3n) is 7.87. The second kappa shape index (κ2) is 13.1. The number of halogens is 3. The fraction of sp³-hybridized carbons (Fsp3) is 0.286. The Morgan fingerprint density at radius 1 is 0.659 bits per heavy atom. The van der Waals surface area contributed by atoms with Gasteiger partial charge in [-0.15, -0.1) is 0 Å². The topological polar surface area (TPSA) is 58.5 Å². The van der Waals surface area contributed by atoms with Crippen molar-refractivity contribution in [1.82, 2.24) is 4.83 Å². The molecule has 44 heavy (non-hydrogen) atoms. The van der Waals surface area contributed by atoms with Gasteiger partial charge in [-0.2, -0.15) is 26.7 Å². The molecule has 0 atom stereocenters. The number of hydrazone groups is 1. The number of nitrogens with one attached hydrogen (secondary N) is 1. The van der Waals surface area contributed by atoms with Crippen molar-refractivity contribution in [3.05, 3.63) is 120 Å². The van der Waals surface area contributed by atoms with E-state index in [2.05, 4.69) is 9.93 Å². The highest BCUT2D eigenvalue weighted by Crippen LogP contribution is 2.35. The number of nitrogens with zero attached hydrogens (tertiary/aromatic N) is 1. The van der Waals surface area contributed by atoms with Crippen molar-refractivity contribution in [3.8, 4) is 0 Å². The summed E-state index contributed by atoms with van der Waals surface area (Å²) in [7, 11) is -8.72. The van der Waals surface area contributed by atoms with Gasteiger partial charge >= 0.3 is 6.18 Å². The van der Waals surface area contributed by atoms with Gasteiger partial charge in [-0.05, 0) is 50.0 Å². The van der Waals surface area contributed by atoms with Crippen molar-refractivity contribution in [3.63, 3.8) is 0 Å². The van der Waals surface area contributed by atoms with Crippen LogP contribution in [-0.2, 0) is 10.0 Å². The molecule has 0 aromatic heterocycles. The molecule has 0 fully saturated rings. The largest absolute Gasteiger partial charge is 0.428 e. The molecule has 4 rings (SSSR count). The van der Waals surface area contributed by atoms with Crippen LogP contribution < -0.4 is 20.4 Å². The molecule has 0 saturated carbocycles. The van der Waals surface area contributed by atoms with E-state index in [4.69, 9.17) is 0 Å². The highest BCUT2D eigenvalue weighted by Gasteiger charge is 2.56. The van der Waals surface area contributed by atoms with Crippen molar-refractivity contribution >= 4 is 39.0 Å². The maximum Gasteiger partial charge on any atom is 0.428 e. The summed E-state index contributed by atoms with van der Waals surface area (Å²) < 4.78 is 74.7. The van der Waals surface area contributed by atoms with Crippen LogP contribution in [-0.4, -0.2) is 28.0 Å². The minimum atomic E-state index is -4.97. The van der Waals surface area contributed by atoms with Crippen LogP contribution in [0.1, 0.15) is 76.0 Å². The highest BCUT2D eigenvalue weighted by molar-refractivity contribution is 7.89. The van der Waals surface area contributed by atoms with Gasteiger partial charge in [-0.25, -0.2) is 4.83 Å². The minimum absolute atomic E-state index is 0.0106. The first-order valence-electron chi connectivity index (χ1n) is 14.7. The van der Waals surface area contributed by atoms with E-state index in [1.165, 1.54) is 0 Å². The van der Waals surface area contributed by atoms with Gasteiger partial charge in [0.15, 0.2) is 0 Å². The van der Waals surface area contributed by atoms with Crippen molar-refractivity contribution in [2.24, 2.45) is 5.10 Å². The van der Waals surface area contributed by atoms with Gasteiger partial charge in [0.2, 0.25) is 8.07 Å². The number of sulfonamides is 1. The Balaban J connectivity index is 2.06. The first kappa shape index (κ1) is 33.2. The SMILES string of the molecule is CC(C)c1cc(C(C)C)c(S(=O)(=O)N/N=C(\C(F)(F)F)[Si](c2ccccc2)(c2ccccc2)c2ccccc2)c(C(C)C)c1. The summed E-state index contributed by atoms with van der Waals surface area (Å²) >= 11 is 0. The molecule has 0 aliphatic heterocycles. The minimum Gasteiger partial charge on any atom is -0.200 e. The molecule has 232 valence electrons. The van der Waals surface area contributed by atoms with Crippen LogP contribution >= 0.6 is 0 Å². The van der Waals surface area contributed by atoms with Crippen LogP contribution in [0.2, 0.25) is 0 Å². The van der Waals surface area contributed by atoms with Gasteiger partial charge in [-0.1, -0.05) is 145 Å². The summed E-state index contributed by atoms with van der Waals surface area (Å²) in [6, 6.07) is 29.1.